The van der Waals surface area contributed by atoms with Crippen molar-refractivity contribution in [3.63, 3.8) is 0 Å². The number of hydrogen-bond donors (Lipinski definition) is 5. The van der Waals surface area contributed by atoms with Gasteiger partial charge in [0.05, 0.1) is 64.3 Å². The Labute approximate surface area is 251 Å². The first-order chi connectivity index (χ1) is 18.0. The van der Waals surface area contributed by atoms with Crippen LogP contribution >= 0.6 is 11.8 Å². The van der Waals surface area contributed by atoms with E-state index in [2.05, 4.69) is 23.0 Å². The van der Waals surface area contributed by atoms with Gasteiger partial charge in [0.1, 0.15) is 5.70 Å². The van der Waals surface area contributed by atoms with Crippen molar-refractivity contribution in [2.45, 2.75) is 43.6 Å². The summed E-state index contributed by atoms with van der Waals surface area (Å²) in [6, 6.07) is -1.00. The molecule has 0 spiro atoms. The molecule has 14 heteroatoms. The predicted octanol–water partition coefficient (Wildman–Crippen LogP) is -4.80. The Hall–Kier alpha value is -1.46. The number of hydrogen-bond acceptors (Lipinski definition) is 8. The molecule has 4 rings (SSSR count). The van der Waals surface area contributed by atoms with Crippen molar-refractivity contribution >= 4 is 35.5 Å². The Morgan fingerprint density at radius 1 is 1.28 bits per heavy atom. The van der Waals surface area contributed by atoms with Crippen LogP contribution in [-0.4, -0.2) is 133 Å². The van der Waals surface area contributed by atoms with Crippen molar-refractivity contribution in [3.05, 3.63) is 10.6 Å². The maximum atomic E-state index is 13.2. The summed E-state index contributed by atoms with van der Waals surface area (Å²) in [7, 11) is 3.86. The van der Waals surface area contributed by atoms with Gasteiger partial charge in [0, 0.05) is 35.2 Å². The second-order valence-electron chi connectivity index (χ2n) is 11.3. The van der Waals surface area contributed by atoms with Gasteiger partial charge in [0.25, 0.3) is 0 Å². The topological polar surface area (TPSA) is 157 Å². The second-order valence-corrected chi connectivity index (χ2v) is 12.6. The van der Waals surface area contributed by atoms with E-state index in [4.69, 9.17) is 5.73 Å². The molecule has 3 amide bonds. The summed E-state index contributed by atoms with van der Waals surface area (Å²) < 4.78 is 0.885. The van der Waals surface area contributed by atoms with Crippen LogP contribution in [0.4, 0.5) is 0 Å². The molecule has 0 aromatic rings. The lowest BCUT2D eigenvalue weighted by Gasteiger charge is -2.47. The minimum atomic E-state index is -1.12. The number of quaternary nitrogens is 1. The van der Waals surface area contributed by atoms with Crippen LogP contribution in [-0.2, 0) is 19.2 Å². The molecule has 6 N–H and O–H groups in total. The van der Waals surface area contributed by atoms with Crippen molar-refractivity contribution in [1.29, 1.82) is 0 Å². The molecule has 39 heavy (non-hydrogen) atoms. The van der Waals surface area contributed by atoms with Gasteiger partial charge in [-0.2, -0.15) is 0 Å². The molecule has 4 aliphatic rings. The molecule has 0 unspecified atom stereocenters. The van der Waals surface area contributed by atoms with Crippen molar-refractivity contribution in [1.82, 2.24) is 25.8 Å². The highest BCUT2D eigenvalue weighted by molar-refractivity contribution is 8.03. The maximum absolute atomic E-state index is 13.2. The molecular weight excluding hydrogens is 637 g/mol. The molecule has 0 aliphatic carbocycles. The van der Waals surface area contributed by atoms with Crippen LogP contribution in [0.2, 0.25) is 0 Å². The first kappa shape index (κ1) is 32.1. The second kappa shape index (κ2) is 13.0. The fraction of sp³-hybridized carbons (Fsp3) is 0.760. The van der Waals surface area contributed by atoms with Crippen LogP contribution in [0.15, 0.2) is 10.6 Å². The third-order valence-corrected chi connectivity index (χ3v) is 10.0. The zero-order valence-electron chi connectivity index (χ0n) is 23.1. The molecular formula is C25H42IN7O5S. The van der Waals surface area contributed by atoms with E-state index in [1.165, 1.54) is 16.7 Å². The highest BCUT2D eigenvalue weighted by Gasteiger charge is 2.60. The smallest absolute Gasteiger partial charge is 0.353 e. The summed E-state index contributed by atoms with van der Waals surface area (Å²) in [5.74, 6) is -2.14. The van der Waals surface area contributed by atoms with Gasteiger partial charge in [-0.25, -0.2) is 4.79 Å². The van der Waals surface area contributed by atoms with Gasteiger partial charge in [-0.05, 0) is 20.4 Å². The Balaban J connectivity index is 0.00000420. The van der Waals surface area contributed by atoms with Gasteiger partial charge >= 0.3 is 5.97 Å². The largest absolute Gasteiger partial charge is 1.00 e. The predicted molar refractivity (Wildman–Crippen MR) is 144 cm³/mol. The zero-order chi connectivity index (χ0) is 27.8. The molecule has 0 aromatic heterocycles. The number of rotatable bonds is 10. The number of carbonyl (C=O) groups is 4. The minimum Gasteiger partial charge on any atom is -1.00 e. The summed E-state index contributed by atoms with van der Waals surface area (Å²) in [4.78, 5) is 54.6. The molecule has 220 valence electrons. The number of likely N-dealkylation sites (N-methyl/N-ethyl adjacent to an activating group) is 2. The van der Waals surface area contributed by atoms with Crippen molar-refractivity contribution in [3.8, 4) is 0 Å². The number of carbonyl (C=O) groups excluding carboxylic acids is 3. The number of aliphatic carboxylic acids is 1. The Bertz CT molecular complexity index is 1010. The third-order valence-electron chi connectivity index (χ3n) is 8.54. The van der Waals surface area contributed by atoms with E-state index in [-0.39, 0.29) is 77.2 Å². The fourth-order valence-electron chi connectivity index (χ4n) is 6.34. The first-order valence-electron chi connectivity index (χ1n) is 13.5. The van der Waals surface area contributed by atoms with E-state index in [1.807, 2.05) is 11.8 Å². The van der Waals surface area contributed by atoms with Gasteiger partial charge < -0.3 is 65.1 Å². The van der Waals surface area contributed by atoms with Gasteiger partial charge in [-0.1, -0.05) is 6.92 Å². The van der Waals surface area contributed by atoms with Crippen LogP contribution in [0.1, 0.15) is 20.3 Å². The molecule has 6 atom stereocenters. The van der Waals surface area contributed by atoms with Crippen LogP contribution in [0.5, 0.6) is 0 Å². The Kier molecular flexibility index (Phi) is 10.7. The molecule has 3 saturated heterocycles. The molecule has 0 saturated carbocycles. The minimum absolute atomic E-state index is 0. The summed E-state index contributed by atoms with van der Waals surface area (Å²) >= 11 is 1.48. The average Bonchev–Trinajstić information content (AvgIpc) is 3.41. The highest BCUT2D eigenvalue weighted by Crippen LogP contribution is 2.51. The number of halogens is 1. The summed E-state index contributed by atoms with van der Waals surface area (Å²) in [6.07, 6.45) is 0.608. The number of piperazine rings is 1. The molecule has 0 aromatic carbocycles. The van der Waals surface area contributed by atoms with E-state index in [9.17, 15) is 24.3 Å². The number of amides is 3. The number of nitrogens with one attached hydrogen (secondary N) is 3. The standard InChI is InChI=1S/C25H41N7O5S.HI/c1-14-20-19(15(2)29-18(33)13-27-3)24(35)31(20)21(25(36)37)22(14)38-16-11-17(28-12-16)23(34)30-6-9-32(4,8-5-26)10-7-30;/h14-17,19-20,27-28H,5-13,26H2,1-4H3,(H-,29,33,36,37);1H/t14-,15-,16+,17+,19-,20-;/m1./s1. The zero-order valence-corrected chi connectivity index (χ0v) is 26.1. The molecule has 0 radical (unpaired) electrons. The maximum Gasteiger partial charge on any atom is 0.353 e. The lowest BCUT2D eigenvalue weighted by Crippen LogP contribution is -3.00. The lowest BCUT2D eigenvalue weighted by atomic mass is 9.78. The summed E-state index contributed by atoms with van der Waals surface area (Å²) in [5.41, 5.74) is 5.80. The Morgan fingerprint density at radius 3 is 2.54 bits per heavy atom. The van der Waals surface area contributed by atoms with Crippen LogP contribution in [0, 0.1) is 11.8 Å². The van der Waals surface area contributed by atoms with Gasteiger partial charge in [-0.15, -0.1) is 11.8 Å². The first-order valence-corrected chi connectivity index (χ1v) is 14.4. The third kappa shape index (κ3) is 6.40. The van der Waals surface area contributed by atoms with Crippen molar-refractivity contribution in [2.75, 3.05) is 66.5 Å². The number of thioether (sulfide) groups is 1. The van der Waals surface area contributed by atoms with Gasteiger partial charge in [0.15, 0.2) is 0 Å². The normalized spacial score (nSPS) is 30.4. The lowest BCUT2D eigenvalue weighted by molar-refractivity contribution is -0.911. The van der Waals surface area contributed by atoms with E-state index >= 15 is 0 Å². The van der Waals surface area contributed by atoms with Crippen LogP contribution < -0.4 is 45.7 Å². The number of fused-ring (bicyclic) bond motifs is 1. The quantitative estimate of drug-likeness (QED) is 0.0869. The molecule has 12 nitrogen and oxygen atoms in total. The Morgan fingerprint density at radius 2 is 1.95 bits per heavy atom. The number of nitrogens with two attached hydrogens (primary N) is 1. The number of carboxylic acid groups (broad SMARTS) is 1. The monoisotopic (exact) mass is 679 g/mol. The van der Waals surface area contributed by atoms with E-state index in [0.717, 1.165) is 24.1 Å². The van der Waals surface area contributed by atoms with E-state index in [1.54, 1.807) is 14.0 Å². The fourth-order valence-corrected chi connectivity index (χ4v) is 7.82. The summed E-state index contributed by atoms with van der Waals surface area (Å²) in [6.45, 7) is 9.22. The molecule has 0 bridgehead atoms. The van der Waals surface area contributed by atoms with Gasteiger partial charge in [0.2, 0.25) is 17.7 Å². The van der Waals surface area contributed by atoms with Crippen LogP contribution in [0.25, 0.3) is 0 Å². The molecule has 4 aliphatic heterocycles. The number of nitrogens with zero attached hydrogens (tertiary/aromatic N) is 3. The molecule has 4 heterocycles. The van der Waals surface area contributed by atoms with Crippen molar-refractivity contribution in [2.24, 2.45) is 17.6 Å². The number of carboxylic acids is 1. The molecule has 3 fully saturated rings. The average molecular weight is 680 g/mol. The van der Waals surface area contributed by atoms with E-state index in [0.29, 0.717) is 37.5 Å². The van der Waals surface area contributed by atoms with Gasteiger partial charge in [-0.3, -0.25) is 14.4 Å². The summed E-state index contributed by atoms with van der Waals surface area (Å²) in [5, 5.41) is 19.0. The van der Waals surface area contributed by atoms with Crippen molar-refractivity contribution < 1.29 is 52.7 Å². The highest BCUT2D eigenvalue weighted by atomic mass is 127. The SMILES string of the molecule is CNCC(=O)N[C@H](C)[C@H]1C(=O)N2C(C(=O)O)=C(S[C@@H]3CN[C@H](C(=O)N4CC[N+](C)(CCN)CC4)C3)[C@H](C)[C@H]12.[I-]. The van der Waals surface area contributed by atoms with Crippen LogP contribution in [0.3, 0.4) is 0 Å². The number of β-lactam (4-membered cyclic amide) rings is 1. The van der Waals surface area contributed by atoms with E-state index < -0.39 is 17.9 Å².